The van der Waals surface area contributed by atoms with Gasteiger partial charge in [-0.3, -0.25) is 0 Å². The molecule has 84 valence electrons. The van der Waals surface area contributed by atoms with Crippen LogP contribution in [0.3, 0.4) is 0 Å². The highest BCUT2D eigenvalue weighted by Crippen LogP contribution is 2.50. The van der Waals surface area contributed by atoms with E-state index < -0.39 is 0 Å². The van der Waals surface area contributed by atoms with E-state index in [0.29, 0.717) is 5.41 Å². The third-order valence-electron chi connectivity index (χ3n) is 3.90. The number of hydrogen-bond acceptors (Lipinski definition) is 1. The summed E-state index contributed by atoms with van der Waals surface area (Å²) in [6.07, 6.45) is 8.55. The molecule has 14 heavy (non-hydrogen) atoms. The average molecular weight is 197 g/mol. The molecule has 1 heteroatoms. The third kappa shape index (κ3) is 2.98. The van der Waals surface area contributed by atoms with E-state index in [0.717, 1.165) is 12.5 Å². The molecule has 1 saturated carbocycles. The van der Waals surface area contributed by atoms with E-state index in [1.54, 1.807) is 0 Å². The zero-order valence-electron chi connectivity index (χ0n) is 10.2. The second kappa shape index (κ2) is 5.75. The first-order chi connectivity index (χ1) is 6.79. The van der Waals surface area contributed by atoms with Crippen LogP contribution in [0.5, 0.6) is 0 Å². The average Bonchev–Trinajstić information content (AvgIpc) is 3.03. The van der Waals surface area contributed by atoms with E-state index in [1.165, 1.54) is 45.1 Å². The molecule has 0 aliphatic heterocycles. The van der Waals surface area contributed by atoms with Gasteiger partial charge in [0.1, 0.15) is 0 Å². The van der Waals surface area contributed by atoms with Crippen LogP contribution in [0, 0.1) is 11.3 Å². The van der Waals surface area contributed by atoms with Crippen molar-refractivity contribution in [2.45, 2.75) is 59.3 Å². The summed E-state index contributed by atoms with van der Waals surface area (Å²) in [5.74, 6) is 1.04. The fourth-order valence-corrected chi connectivity index (χ4v) is 2.63. The Hall–Kier alpha value is -0.0400. The van der Waals surface area contributed by atoms with E-state index in [-0.39, 0.29) is 0 Å². The van der Waals surface area contributed by atoms with E-state index in [2.05, 4.69) is 26.1 Å². The minimum absolute atomic E-state index is 0.645. The molecule has 0 saturated heterocycles. The Kier molecular flexibility index (Phi) is 4.94. The molecule has 0 radical (unpaired) electrons. The van der Waals surface area contributed by atoms with E-state index in [9.17, 15) is 0 Å². The summed E-state index contributed by atoms with van der Waals surface area (Å²) in [5, 5.41) is 3.57. The van der Waals surface area contributed by atoms with Crippen molar-refractivity contribution in [1.29, 1.82) is 0 Å². The van der Waals surface area contributed by atoms with Gasteiger partial charge in [0.25, 0.3) is 0 Å². The van der Waals surface area contributed by atoms with Crippen LogP contribution in [0.1, 0.15) is 59.3 Å². The molecule has 1 N–H and O–H groups in total. The fourth-order valence-electron chi connectivity index (χ4n) is 2.63. The van der Waals surface area contributed by atoms with Crippen molar-refractivity contribution in [3.05, 3.63) is 0 Å². The van der Waals surface area contributed by atoms with Crippen LogP contribution in [-0.2, 0) is 0 Å². The van der Waals surface area contributed by atoms with Crippen LogP contribution in [0.4, 0.5) is 0 Å². The second-order valence-electron chi connectivity index (χ2n) is 4.87. The topological polar surface area (TPSA) is 12.0 Å². The van der Waals surface area contributed by atoms with Crippen LogP contribution in [-0.4, -0.2) is 13.1 Å². The van der Waals surface area contributed by atoms with Gasteiger partial charge >= 0.3 is 0 Å². The lowest BCUT2D eigenvalue weighted by atomic mass is 9.75. The lowest BCUT2D eigenvalue weighted by Crippen LogP contribution is -2.35. The molecular weight excluding hydrogens is 170 g/mol. The summed E-state index contributed by atoms with van der Waals surface area (Å²) in [7, 11) is 0. The molecule has 0 aromatic rings. The summed E-state index contributed by atoms with van der Waals surface area (Å²) >= 11 is 0. The molecular formula is C13H27N. The van der Waals surface area contributed by atoms with Crippen LogP contribution >= 0.6 is 0 Å². The Morgan fingerprint density at radius 1 is 1.21 bits per heavy atom. The zero-order chi connectivity index (χ0) is 10.4. The predicted molar refractivity (Wildman–Crippen MR) is 63.5 cm³/mol. The van der Waals surface area contributed by atoms with Crippen molar-refractivity contribution < 1.29 is 0 Å². The number of unbranched alkanes of at least 4 members (excludes halogenated alkanes) is 1. The monoisotopic (exact) mass is 197 g/mol. The number of nitrogens with one attached hydrogen (secondary N) is 1. The maximum atomic E-state index is 3.57. The number of hydrogen-bond donors (Lipinski definition) is 1. The SMILES string of the molecule is CCCCC(CC)(CNCC)C1CC1. The Bertz CT molecular complexity index is 141. The smallest absolute Gasteiger partial charge is 0.00102 e. The predicted octanol–water partition coefficient (Wildman–Crippen LogP) is 3.59. The van der Waals surface area contributed by atoms with Gasteiger partial charge in [-0.2, -0.15) is 0 Å². The molecule has 1 fully saturated rings. The standard InChI is InChI=1S/C13H27N/c1-4-7-10-13(5-2,11-14-6-3)12-8-9-12/h12,14H,4-11H2,1-3H3. The van der Waals surface area contributed by atoms with Crippen LogP contribution in [0.15, 0.2) is 0 Å². The van der Waals surface area contributed by atoms with E-state index in [1.807, 2.05) is 0 Å². The second-order valence-corrected chi connectivity index (χ2v) is 4.87. The van der Waals surface area contributed by atoms with Gasteiger partial charge in [0.15, 0.2) is 0 Å². The highest BCUT2D eigenvalue weighted by Gasteiger charge is 2.42. The fraction of sp³-hybridized carbons (Fsp3) is 1.00. The van der Waals surface area contributed by atoms with Crippen molar-refractivity contribution in [1.82, 2.24) is 5.32 Å². The number of rotatable bonds is 8. The quantitative estimate of drug-likeness (QED) is 0.627. The molecule has 1 atom stereocenters. The van der Waals surface area contributed by atoms with Gasteiger partial charge in [0.2, 0.25) is 0 Å². The van der Waals surface area contributed by atoms with Gasteiger partial charge in [0, 0.05) is 6.54 Å². The van der Waals surface area contributed by atoms with Gasteiger partial charge in [-0.25, -0.2) is 0 Å². The molecule has 1 aliphatic carbocycles. The summed E-state index contributed by atoms with van der Waals surface area (Å²) in [6, 6.07) is 0. The molecule has 0 bridgehead atoms. The molecule has 0 aromatic carbocycles. The molecule has 1 aliphatic rings. The van der Waals surface area contributed by atoms with Gasteiger partial charge in [0.05, 0.1) is 0 Å². The van der Waals surface area contributed by atoms with Crippen molar-refractivity contribution in [3.63, 3.8) is 0 Å². The molecule has 0 amide bonds. The van der Waals surface area contributed by atoms with E-state index >= 15 is 0 Å². The maximum absolute atomic E-state index is 3.57. The van der Waals surface area contributed by atoms with Gasteiger partial charge < -0.3 is 5.32 Å². The molecule has 0 spiro atoms. The summed E-state index contributed by atoms with van der Waals surface area (Å²) in [5.41, 5.74) is 0.645. The minimum atomic E-state index is 0.645. The first-order valence-electron chi connectivity index (χ1n) is 6.49. The first-order valence-corrected chi connectivity index (χ1v) is 6.49. The van der Waals surface area contributed by atoms with Crippen LogP contribution in [0.25, 0.3) is 0 Å². The molecule has 0 heterocycles. The maximum Gasteiger partial charge on any atom is 0.00102 e. The summed E-state index contributed by atoms with van der Waals surface area (Å²) in [4.78, 5) is 0. The first kappa shape index (κ1) is 12.0. The summed E-state index contributed by atoms with van der Waals surface area (Å²) < 4.78 is 0. The van der Waals surface area contributed by atoms with Crippen molar-refractivity contribution >= 4 is 0 Å². The normalized spacial score (nSPS) is 20.8. The Morgan fingerprint density at radius 2 is 1.93 bits per heavy atom. The molecule has 0 aromatic heterocycles. The molecule has 1 rings (SSSR count). The van der Waals surface area contributed by atoms with Gasteiger partial charge in [-0.1, -0.05) is 33.6 Å². The van der Waals surface area contributed by atoms with Crippen molar-refractivity contribution in [3.8, 4) is 0 Å². The van der Waals surface area contributed by atoms with Gasteiger partial charge in [-0.15, -0.1) is 0 Å². The molecule has 1 nitrogen and oxygen atoms in total. The zero-order valence-corrected chi connectivity index (χ0v) is 10.2. The van der Waals surface area contributed by atoms with Crippen LogP contribution < -0.4 is 5.32 Å². The Morgan fingerprint density at radius 3 is 2.36 bits per heavy atom. The lowest BCUT2D eigenvalue weighted by molar-refractivity contribution is 0.193. The largest absolute Gasteiger partial charge is 0.316 e. The van der Waals surface area contributed by atoms with Crippen molar-refractivity contribution in [2.75, 3.05) is 13.1 Å². The Labute approximate surface area is 89.7 Å². The van der Waals surface area contributed by atoms with Gasteiger partial charge in [-0.05, 0) is 43.6 Å². The third-order valence-corrected chi connectivity index (χ3v) is 3.90. The van der Waals surface area contributed by atoms with E-state index in [4.69, 9.17) is 0 Å². The Balaban J connectivity index is 2.45. The highest BCUT2D eigenvalue weighted by molar-refractivity contribution is 4.94. The molecule has 1 unspecified atom stereocenters. The highest BCUT2D eigenvalue weighted by atomic mass is 14.9. The summed E-state index contributed by atoms with van der Waals surface area (Å²) in [6.45, 7) is 9.28. The minimum Gasteiger partial charge on any atom is -0.316 e. The lowest BCUT2D eigenvalue weighted by Gasteiger charge is -2.33. The van der Waals surface area contributed by atoms with Crippen LogP contribution in [0.2, 0.25) is 0 Å². The van der Waals surface area contributed by atoms with Crippen molar-refractivity contribution in [2.24, 2.45) is 11.3 Å².